The molecule has 1 unspecified atom stereocenters. The van der Waals surface area contributed by atoms with E-state index in [1.54, 1.807) is 0 Å². The lowest BCUT2D eigenvalue weighted by Gasteiger charge is -2.15. The van der Waals surface area contributed by atoms with Crippen molar-refractivity contribution < 1.29 is 4.74 Å². The minimum absolute atomic E-state index is 0.0242. The van der Waals surface area contributed by atoms with Crippen LogP contribution in [0.15, 0.2) is 42.5 Å². The first-order valence-corrected chi connectivity index (χ1v) is 7.55. The Hall–Kier alpha value is -1.80. The van der Waals surface area contributed by atoms with Gasteiger partial charge in [-0.1, -0.05) is 50.2 Å². The Kier molecular flexibility index (Phi) is 5.03. The molecule has 0 amide bonds. The lowest BCUT2D eigenvalue weighted by molar-refractivity contribution is 0.301. The van der Waals surface area contributed by atoms with Crippen molar-refractivity contribution in [2.24, 2.45) is 5.73 Å². The van der Waals surface area contributed by atoms with Gasteiger partial charge in [0.2, 0.25) is 0 Å². The predicted octanol–water partition coefficient (Wildman–Crippen LogP) is 4.72. The lowest BCUT2D eigenvalue weighted by atomic mass is 10.0. The third-order valence-electron chi connectivity index (χ3n) is 3.70. The second-order valence-electron chi connectivity index (χ2n) is 6.01. The minimum atomic E-state index is -0.0242. The summed E-state index contributed by atoms with van der Waals surface area (Å²) in [6.45, 7) is 9.02. The highest BCUT2D eigenvalue weighted by Gasteiger charge is 2.08. The lowest BCUT2D eigenvalue weighted by Crippen LogP contribution is -2.08. The van der Waals surface area contributed by atoms with Gasteiger partial charge in [0.15, 0.2) is 0 Å². The summed E-state index contributed by atoms with van der Waals surface area (Å²) in [4.78, 5) is 0. The van der Waals surface area contributed by atoms with E-state index in [0.717, 1.165) is 11.3 Å². The van der Waals surface area contributed by atoms with Gasteiger partial charge in [-0.3, -0.25) is 0 Å². The zero-order chi connectivity index (χ0) is 15.4. The van der Waals surface area contributed by atoms with Gasteiger partial charge in [0, 0.05) is 11.6 Å². The Labute approximate surface area is 127 Å². The van der Waals surface area contributed by atoms with Crippen molar-refractivity contribution in [1.82, 2.24) is 0 Å². The molecule has 21 heavy (non-hydrogen) atoms. The predicted molar refractivity (Wildman–Crippen MR) is 88.6 cm³/mol. The number of aryl methyl sites for hydroxylation is 1. The summed E-state index contributed by atoms with van der Waals surface area (Å²) in [6, 6.07) is 14.8. The van der Waals surface area contributed by atoms with Crippen LogP contribution < -0.4 is 10.5 Å². The number of hydrogen-bond donors (Lipinski definition) is 1. The van der Waals surface area contributed by atoms with Crippen LogP contribution in [0, 0.1) is 6.92 Å². The van der Waals surface area contributed by atoms with Gasteiger partial charge in [0.1, 0.15) is 12.4 Å². The number of nitrogens with two attached hydrogens (primary N) is 1. The number of ether oxygens (including phenoxy) is 1. The zero-order valence-electron chi connectivity index (χ0n) is 13.4. The molecular weight excluding hydrogens is 258 g/mol. The molecule has 0 spiro atoms. The Balaban J connectivity index is 2.10. The quantitative estimate of drug-likeness (QED) is 0.862. The minimum Gasteiger partial charge on any atom is -0.489 e. The molecule has 0 saturated carbocycles. The van der Waals surface area contributed by atoms with Crippen LogP contribution in [0.25, 0.3) is 0 Å². The van der Waals surface area contributed by atoms with E-state index in [1.807, 2.05) is 6.92 Å². The van der Waals surface area contributed by atoms with Gasteiger partial charge in [0.05, 0.1) is 0 Å². The molecule has 0 fully saturated rings. The van der Waals surface area contributed by atoms with Gasteiger partial charge in [-0.25, -0.2) is 0 Å². The second kappa shape index (κ2) is 6.77. The molecule has 2 N–H and O–H groups in total. The first-order valence-electron chi connectivity index (χ1n) is 7.55. The topological polar surface area (TPSA) is 35.2 Å². The van der Waals surface area contributed by atoms with Crippen LogP contribution in [0.3, 0.4) is 0 Å². The van der Waals surface area contributed by atoms with Crippen molar-refractivity contribution in [3.8, 4) is 5.75 Å². The molecule has 1 atom stereocenters. The maximum Gasteiger partial charge on any atom is 0.124 e. The summed E-state index contributed by atoms with van der Waals surface area (Å²) < 4.78 is 5.99. The van der Waals surface area contributed by atoms with E-state index >= 15 is 0 Å². The van der Waals surface area contributed by atoms with Gasteiger partial charge in [0.25, 0.3) is 0 Å². The molecule has 0 aliphatic carbocycles. The van der Waals surface area contributed by atoms with Gasteiger partial charge in [-0.05, 0) is 42.5 Å². The first kappa shape index (κ1) is 15.6. The summed E-state index contributed by atoms with van der Waals surface area (Å²) in [5, 5.41) is 0. The fraction of sp³-hybridized carbons (Fsp3) is 0.368. The first-order chi connectivity index (χ1) is 9.97. The maximum atomic E-state index is 6.01. The van der Waals surface area contributed by atoms with Crippen molar-refractivity contribution >= 4 is 0 Å². The van der Waals surface area contributed by atoms with E-state index in [9.17, 15) is 0 Å². The van der Waals surface area contributed by atoms with E-state index in [4.69, 9.17) is 10.5 Å². The maximum absolute atomic E-state index is 6.01. The molecule has 2 heteroatoms. The van der Waals surface area contributed by atoms with Crippen LogP contribution in [-0.4, -0.2) is 0 Å². The van der Waals surface area contributed by atoms with Crippen molar-refractivity contribution in [3.05, 3.63) is 64.7 Å². The third kappa shape index (κ3) is 4.08. The number of hydrogen-bond acceptors (Lipinski definition) is 2. The smallest absolute Gasteiger partial charge is 0.124 e. The van der Waals surface area contributed by atoms with E-state index in [2.05, 4.69) is 63.2 Å². The fourth-order valence-corrected chi connectivity index (χ4v) is 2.30. The summed E-state index contributed by atoms with van der Waals surface area (Å²) >= 11 is 0. The normalized spacial score (nSPS) is 12.5. The second-order valence-corrected chi connectivity index (χ2v) is 6.01. The van der Waals surface area contributed by atoms with Crippen molar-refractivity contribution in [2.75, 3.05) is 0 Å². The molecule has 0 saturated heterocycles. The molecule has 112 valence electrons. The Morgan fingerprint density at radius 1 is 1.00 bits per heavy atom. The highest BCUT2D eigenvalue weighted by atomic mass is 16.5. The molecule has 2 aromatic rings. The average Bonchev–Trinajstić information content (AvgIpc) is 2.45. The molecule has 0 aliphatic rings. The van der Waals surface area contributed by atoms with Crippen LogP contribution in [0.4, 0.5) is 0 Å². The highest BCUT2D eigenvalue weighted by molar-refractivity contribution is 5.39. The molecule has 0 heterocycles. The number of benzene rings is 2. The van der Waals surface area contributed by atoms with E-state index in [-0.39, 0.29) is 6.04 Å². The molecule has 2 nitrogen and oxygen atoms in total. The van der Waals surface area contributed by atoms with Crippen LogP contribution in [0.5, 0.6) is 5.75 Å². The molecule has 2 aromatic carbocycles. The molecule has 0 aromatic heterocycles. The molecule has 0 radical (unpaired) electrons. The molecular formula is C19H25NO. The Morgan fingerprint density at radius 3 is 2.24 bits per heavy atom. The van der Waals surface area contributed by atoms with Crippen LogP contribution >= 0.6 is 0 Å². The third-order valence-corrected chi connectivity index (χ3v) is 3.70. The van der Waals surface area contributed by atoms with Gasteiger partial charge in [-0.15, -0.1) is 0 Å². The molecule has 2 rings (SSSR count). The monoisotopic (exact) mass is 283 g/mol. The van der Waals surface area contributed by atoms with Crippen molar-refractivity contribution in [3.63, 3.8) is 0 Å². The molecule has 0 bridgehead atoms. The van der Waals surface area contributed by atoms with Gasteiger partial charge < -0.3 is 10.5 Å². The molecule has 0 aliphatic heterocycles. The van der Waals surface area contributed by atoms with Crippen LogP contribution in [0.2, 0.25) is 0 Å². The zero-order valence-corrected chi connectivity index (χ0v) is 13.4. The van der Waals surface area contributed by atoms with E-state index in [0.29, 0.717) is 12.5 Å². The Morgan fingerprint density at radius 2 is 1.67 bits per heavy atom. The average molecular weight is 283 g/mol. The fourth-order valence-electron chi connectivity index (χ4n) is 2.30. The summed E-state index contributed by atoms with van der Waals surface area (Å²) in [6.07, 6.45) is 0. The van der Waals surface area contributed by atoms with E-state index < -0.39 is 0 Å². The van der Waals surface area contributed by atoms with E-state index in [1.165, 1.54) is 16.7 Å². The standard InChI is InChI=1S/C19H25NO/c1-13(2)17-8-6-16(7-9-17)12-21-19-11-14(3)5-10-18(19)15(4)20/h5-11,13,15H,12,20H2,1-4H3. The summed E-state index contributed by atoms with van der Waals surface area (Å²) in [7, 11) is 0. The van der Waals surface area contributed by atoms with Crippen LogP contribution in [0.1, 0.15) is 55.0 Å². The van der Waals surface area contributed by atoms with Crippen molar-refractivity contribution in [1.29, 1.82) is 0 Å². The summed E-state index contributed by atoms with van der Waals surface area (Å²) in [5.41, 5.74) is 10.8. The van der Waals surface area contributed by atoms with Crippen LogP contribution in [-0.2, 0) is 6.61 Å². The SMILES string of the molecule is Cc1ccc(C(C)N)c(OCc2ccc(C(C)C)cc2)c1. The van der Waals surface area contributed by atoms with Gasteiger partial charge >= 0.3 is 0 Å². The summed E-state index contributed by atoms with van der Waals surface area (Å²) in [5.74, 6) is 1.44. The Bertz CT molecular complexity index is 585. The largest absolute Gasteiger partial charge is 0.489 e. The van der Waals surface area contributed by atoms with Crippen molar-refractivity contribution in [2.45, 2.75) is 46.3 Å². The van der Waals surface area contributed by atoms with Gasteiger partial charge in [-0.2, -0.15) is 0 Å². The number of rotatable bonds is 5. The highest BCUT2D eigenvalue weighted by Crippen LogP contribution is 2.26.